The molecule has 0 amide bonds. The molecule has 8 heteroatoms. The van der Waals surface area contributed by atoms with Crippen molar-refractivity contribution in [1.29, 1.82) is 0 Å². The molecule has 0 bridgehead atoms. The molecule has 0 aliphatic heterocycles. The lowest BCUT2D eigenvalue weighted by Gasteiger charge is -2.17. The summed E-state index contributed by atoms with van der Waals surface area (Å²) in [6.45, 7) is -0.423. The SMILES string of the molecule is [N-]=[N+]=NCC(O)C(O)c1cccc(C(F)(F)F)c1. The Balaban J connectivity index is 2.92. The predicted octanol–water partition coefficient (Wildman–Crippen LogP) is 2.41. The van der Waals surface area contributed by atoms with Crippen LogP contribution in [0.25, 0.3) is 10.4 Å². The standard InChI is InChI=1S/C10H10F3N3O2/c11-10(12,13)7-3-1-2-6(4-7)9(18)8(17)5-15-16-14/h1-4,8-9,17-18H,5H2. The van der Waals surface area contributed by atoms with E-state index in [4.69, 9.17) is 5.53 Å². The van der Waals surface area contributed by atoms with Gasteiger partial charge in [0.2, 0.25) is 0 Å². The van der Waals surface area contributed by atoms with Gasteiger partial charge in [-0.1, -0.05) is 17.2 Å². The van der Waals surface area contributed by atoms with E-state index in [9.17, 15) is 23.4 Å². The zero-order valence-electron chi connectivity index (χ0n) is 9.04. The summed E-state index contributed by atoms with van der Waals surface area (Å²) in [6.07, 6.45) is -7.52. The summed E-state index contributed by atoms with van der Waals surface area (Å²) in [7, 11) is 0. The summed E-state index contributed by atoms with van der Waals surface area (Å²) in [4.78, 5) is 2.38. The smallest absolute Gasteiger partial charge is 0.390 e. The normalized spacial score (nSPS) is 14.7. The van der Waals surface area contributed by atoms with Crippen molar-refractivity contribution < 1.29 is 23.4 Å². The quantitative estimate of drug-likeness (QED) is 0.495. The molecule has 1 aromatic rings. The number of halogens is 3. The molecule has 0 fully saturated rings. The first-order valence-corrected chi connectivity index (χ1v) is 4.90. The van der Waals surface area contributed by atoms with Crippen molar-refractivity contribution >= 4 is 0 Å². The maximum Gasteiger partial charge on any atom is 0.416 e. The van der Waals surface area contributed by atoms with Crippen molar-refractivity contribution in [1.82, 2.24) is 0 Å². The molecule has 0 aromatic heterocycles. The number of rotatable bonds is 4. The van der Waals surface area contributed by atoms with Crippen LogP contribution in [-0.2, 0) is 6.18 Å². The molecule has 0 spiro atoms. The summed E-state index contributed by atoms with van der Waals surface area (Å²) >= 11 is 0. The molecule has 2 N–H and O–H groups in total. The number of hydrogen-bond donors (Lipinski definition) is 2. The van der Waals surface area contributed by atoms with Crippen LogP contribution in [0.1, 0.15) is 17.2 Å². The third-order valence-corrected chi connectivity index (χ3v) is 2.25. The van der Waals surface area contributed by atoms with Gasteiger partial charge in [-0.25, -0.2) is 0 Å². The maximum absolute atomic E-state index is 12.4. The van der Waals surface area contributed by atoms with Gasteiger partial charge < -0.3 is 10.2 Å². The number of azide groups is 1. The van der Waals surface area contributed by atoms with Crippen molar-refractivity contribution in [2.45, 2.75) is 18.4 Å². The Morgan fingerprint density at radius 1 is 1.33 bits per heavy atom. The minimum atomic E-state index is -4.52. The van der Waals surface area contributed by atoms with Crippen LogP contribution < -0.4 is 0 Å². The van der Waals surface area contributed by atoms with Crippen LogP contribution in [0.15, 0.2) is 29.4 Å². The van der Waals surface area contributed by atoms with Crippen LogP contribution >= 0.6 is 0 Å². The molecule has 0 saturated carbocycles. The van der Waals surface area contributed by atoms with E-state index in [0.717, 1.165) is 18.2 Å². The van der Waals surface area contributed by atoms with Gasteiger partial charge >= 0.3 is 6.18 Å². The van der Waals surface area contributed by atoms with Crippen LogP contribution in [0.2, 0.25) is 0 Å². The zero-order valence-corrected chi connectivity index (χ0v) is 9.04. The molecule has 0 radical (unpaired) electrons. The summed E-state index contributed by atoms with van der Waals surface area (Å²) < 4.78 is 37.3. The minimum Gasteiger partial charge on any atom is -0.390 e. The van der Waals surface area contributed by atoms with E-state index < -0.39 is 30.5 Å². The van der Waals surface area contributed by atoms with Crippen LogP contribution in [0.3, 0.4) is 0 Å². The lowest BCUT2D eigenvalue weighted by Crippen LogP contribution is -2.21. The van der Waals surface area contributed by atoms with E-state index in [-0.39, 0.29) is 5.56 Å². The Morgan fingerprint density at radius 3 is 2.56 bits per heavy atom. The predicted molar refractivity (Wildman–Crippen MR) is 56.4 cm³/mol. The minimum absolute atomic E-state index is 0.0922. The number of hydrogen-bond acceptors (Lipinski definition) is 3. The highest BCUT2D eigenvalue weighted by molar-refractivity contribution is 5.27. The summed E-state index contributed by atoms with van der Waals surface area (Å²) in [5.41, 5.74) is 7.02. The average molecular weight is 261 g/mol. The third-order valence-electron chi connectivity index (χ3n) is 2.25. The lowest BCUT2D eigenvalue weighted by atomic mass is 10.0. The molecule has 0 aliphatic rings. The monoisotopic (exact) mass is 261 g/mol. The van der Waals surface area contributed by atoms with E-state index in [1.165, 1.54) is 6.07 Å². The molecule has 0 saturated heterocycles. The Bertz CT molecular complexity index is 458. The van der Waals surface area contributed by atoms with E-state index in [1.54, 1.807) is 0 Å². The maximum atomic E-state index is 12.4. The fourth-order valence-electron chi connectivity index (χ4n) is 1.34. The van der Waals surface area contributed by atoms with E-state index in [2.05, 4.69) is 10.0 Å². The van der Waals surface area contributed by atoms with E-state index in [1.807, 2.05) is 0 Å². The Kier molecular flexibility index (Phi) is 4.55. The number of aliphatic hydroxyl groups is 2. The first-order chi connectivity index (χ1) is 8.36. The highest BCUT2D eigenvalue weighted by Crippen LogP contribution is 2.31. The number of alkyl halides is 3. The number of nitrogens with zero attached hydrogens (tertiary/aromatic N) is 3. The van der Waals surface area contributed by atoms with Gasteiger partial charge in [0.25, 0.3) is 0 Å². The molecule has 98 valence electrons. The van der Waals surface area contributed by atoms with Crippen molar-refractivity contribution in [2.24, 2.45) is 5.11 Å². The fraction of sp³-hybridized carbons (Fsp3) is 0.400. The molecule has 1 aromatic carbocycles. The second-order valence-electron chi connectivity index (χ2n) is 3.55. The second kappa shape index (κ2) is 5.72. The number of benzene rings is 1. The van der Waals surface area contributed by atoms with Crippen LogP contribution in [-0.4, -0.2) is 22.9 Å². The first kappa shape index (κ1) is 14.3. The van der Waals surface area contributed by atoms with Gasteiger partial charge in [-0.05, 0) is 23.2 Å². The summed E-state index contributed by atoms with van der Waals surface area (Å²) in [5.74, 6) is 0. The van der Waals surface area contributed by atoms with Crippen molar-refractivity contribution in [3.63, 3.8) is 0 Å². The largest absolute Gasteiger partial charge is 0.416 e. The molecule has 5 nitrogen and oxygen atoms in total. The van der Waals surface area contributed by atoms with Crippen molar-refractivity contribution in [3.8, 4) is 0 Å². The molecule has 0 heterocycles. The van der Waals surface area contributed by atoms with Gasteiger partial charge in [0, 0.05) is 4.91 Å². The molecule has 2 unspecified atom stereocenters. The molecule has 1 rings (SSSR count). The van der Waals surface area contributed by atoms with E-state index >= 15 is 0 Å². The zero-order chi connectivity index (χ0) is 13.8. The van der Waals surface area contributed by atoms with Crippen molar-refractivity contribution in [3.05, 3.63) is 45.8 Å². The third kappa shape index (κ3) is 3.63. The first-order valence-electron chi connectivity index (χ1n) is 4.90. The van der Waals surface area contributed by atoms with Gasteiger partial charge in [0.05, 0.1) is 18.2 Å². The second-order valence-corrected chi connectivity index (χ2v) is 3.55. The number of aliphatic hydroxyl groups excluding tert-OH is 2. The van der Waals surface area contributed by atoms with Crippen LogP contribution in [0, 0.1) is 0 Å². The van der Waals surface area contributed by atoms with Gasteiger partial charge in [0.1, 0.15) is 6.10 Å². The van der Waals surface area contributed by atoms with Gasteiger partial charge in [-0.2, -0.15) is 13.2 Å². The fourth-order valence-corrected chi connectivity index (χ4v) is 1.34. The highest BCUT2D eigenvalue weighted by Gasteiger charge is 2.31. The van der Waals surface area contributed by atoms with Gasteiger partial charge in [-0.3, -0.25) is 0 Å². The van der Waals surface area contributed by atoms with Crippen molar-refractivity contribution in [2.75, 3.05) is 6.54 Å². The van der Waals surface area contributed by atoms with E-state index in [0.29, 0.717) is 0 Å². The molecule has 0 aliphatic carbocycles. The lowest BCUT2D eigenvalue weighted by molar-refractivity contribution is -0.137. The Hall–Kier alpha value is -1.76. The Labute approximate surface area is 100 Å². The van der Waals surface area contributed by atoms with Crippen LogP contribution in [0.4, 0.5) is 13.2 Å². The molecular formula is C10H10F3N3O2. The average Bonchev–Trinajstić information content (AvgIpc) is 2.34. The highest BCUT2D eigenvalue weighted by atomic mass is 19.4. The topological polar surface area (TPSA) is 89.2 Å². The molecular weight excluding hydrogens is 251 g/mol. The molecule has 18 heavy (non-hydrogen) atoms. The van der Waals surface area contributed by atoms with Gasteiger partial charge in [-0.15, -0.1) is 0 Å². The summed E-state index contributed by atoms with van der Waals surface area (Å²) in [5, 5.41) is 22.0. The molecule has 2 atom stereocenters. The van der Waals surface area contributed by atoms with Crippen LogP contribution in [0.5, 0.6) is 0 Å². The summed E-state index contributed by atoms with van der Waals surface area (Å²) in [6, 6.07) is 3.97. The van der Waals surface area contributed by atoms with Gasteiger partial charge in [0.15, 0.2) is 0 Å². The Morgan fingerprint density at radius 2 is 2.00 bits per heavy atom.